The van der Waals surface area contributed by atoms with Gasteiger partial charge in [-0.3, -0.25) is 0 Å². The van der Waals surface area contributed by atoms with E-state index in [0.717, 1.165) is 0 Å². The molecule has 0 aliphatic carbocycles. The van der Waals surface area contributed by atoms with E-state index in [9.17, 15) is 0 Å². The molecule has 0 spiro atoms. The summed E-state index contributed by atoms with van der Waals surface area (Å²) >= 11 is 0. The van der Waals surface area contributed by atoms with Crippen LogP contribution in [-0.2, 0) is 10.8 Å². The summed E-state index contributed by atoms with van der Waals surface area (Å²) in [6.07, 6.45) is 0. The van der Waals surface area contributed by atoms with Crippen LogP contribution in [0.2, 0.25) is 0 Å². The number of fused-ring (bicyclic) bond motifs is 10. The molecule has 0 amide bonds. The van der Waals surface area contributed by atoms with Crippen LogP contribution in [0.1, 0.15) is 52.7 Å². The highest BCUT2D eigenvalue weighted by Crippen LogP contribution is 2.46. The van der Waals surface area contributed by atoms with Crippen molar-refractivity contribution in [1.82, 2.24) is 0 Å². The summed E-state index contributed by atoms with van der Waals surface area (Å²) in [5, 5.41) is 0. The molecule has 7 aromatic carbocycles. The second-order valence-corrected chi connectivity index (χ2v) is 17.8. The summed E-state index contributed by atoms with van der Waals surface area (Å²) in [6, 6.07) is 55.6. The van der Waals surface area contributed by atoms with Crippen molar-refractivity contribution in [1.29, 1.82) is 0 Å². The molecule has 0 bridgehead atoms. The smallest absolute Gasteiger partial charge is 0.248 e. The van der Waals surface area contributed by atoms with Crippen LogP contribution in [0.5, 0.6) is 0 Å². The van der Waals surface area contributed by atoms with Gasteiger partial charge in [-0.25, -0.2) is 0 Å². The SMILES string of the molecule is CC(C)(C)c1ccc2c(c1)-c1cccc3c1B2c1cc2c(cc1N3c1ccccc1)B1c3ccccc3-c3cc(C(C)(C)C)cc(c31)N2c1ccccc1. The van der Waals surface area contributed by atoms with E-state index in [1.165, 1.54) is 100 Å². The molecule has 0 radical (unpaired) electrons. The van der Waals surface area contributed by atoms with Crippen molar-refractivity contribution in [2.24, 2.45) is 0 Å². The highest BCUT2D eigenvalue weighted by atomic mass is 15.2. The fourth-order valence-electron chi connectivity index (χ4n) is 9.96. The molecule has 54 heavy (non-hydrogen) atoms. The lowest BCUT2D eigenvalue weighted by atomic mass is 9.34. The maximum absolute atomic E-state index is 2.58. The number of anilines is 6. The van der Waals surface area contributed by atoms with E-state index in [-0.39, 0.29) is 24.3 Å². The first-order chi connectivity index (χ1) is 26.1. The Balaban J connectivity index is 1.26. The zero-order valence-corrected chi connectivity index (χ0v) is 31.9. The molecule has 0 unspecified atom stereocenters. The van der Waals surface area contributed by atoms with Gasteiger partial charge in [-0.05, 0) is 115 Å². The molecule has 11 rings (SSSR count). The average Bonchev–Trinajstić information content (AvgIpc) is 3.69. The molecule has 0 N–H and O–H groups in total. The van der Waals surface area contributed by atoms with Crippen molar-refractivity contribution >= 4 is 80.3 Å². The minimum absolute atomic E-state index is 0.00713. The molecular weight excluding hydrogens is 650 g/mol. The summed E-state index contributed by atoms with van der Waals surface area (Å²) in [6.45, 7) is 14.3. The lowest BCUT2D eigenvalue weighted by molar-refractivity contribution is 0.590. The van der Waals surface area contributed by atoms with Crippen LogP contribution in [0.15, 0.2) is 146 Å². The van der Waals surface area contributed by atoms with Crippen molar-refractivity contribution in [2.45, 2.75) is 52.4 Å². The molecule has 4 aliphatic rings. The Morgan fingerprint density at radius 1 is 0.352 bits per heavy atom. The topological polar surface area (TPSA) is 6.48 Å². The summed E-state index contributed by atoms with van der Waals surface area (Å²) in [5.41, 5.74) is 24.1. The van der Waals surface area contributed by atoms with E-state index in [4.69, 9.17) is 0 Å². The van der Waals surface area contributed by atoms with Crippen LogP contribution in [0.25, 0.3) is 22.3 Å². The lowest BCUT2D eigenvalue weighted by Gasteiger charge is -2.41. The van der Waals surface area contributed by atoms with Crippen molar-refractivity contribution in [3.63, 3.8) is 0 Å². The molecule has 7 aromatic rings. The van der Waals surface area contributed by atoms with Crippen molar-refractivity contribution in [2.75, 3.05) is 9.80 Å². The zero-order valence-electron chi connectivity index (χ0n) is 31.9. The summed E-state index contributed by atoms with van der Waals surface area (Å²) in [4.78, 5) is 5.13. The molecule has 0 aromatic heterocycles. The average molecular weight is 693 g/mol. The lowest BCUT2D eigenvalue weighted by Crippen LogP contribution is -2.59. The van der Waals surface area contributed by atoms with E-state index >= 15 is 0 Å². The molecule has 2 nitrogen and oxygen atoms in total. The van der Waals surface area contributed by atoms with E-state index in [2.05, 4.69) is 197 Å². The third-order valence-electron chi connectivity index (χ3n) is 12.6. The Bertz CT molecular complexity index is 2700. The molecule has 0 fully saturated rings. The van der Waals surface area contributed by atoms with Gasteiger partial charge in [0.25, 0.3) is 0 Å². The van der Waals surface area contributed by atoms with Crippen LogP contribution < -0.4 is 42.6 Å². The van der Waals surface area contributed by atoms with Crippen molar-refractivity contribution < 1.29 is 0 Å². The number of benzene rings is 7. The van der Waals surface area contributed by atoms with E-state index < -0.39 is 0 Å². The van der Waals surface area contributed by atoms with Crippen LogP contribution >= 0.6 is 0 Å². The monoisotopic (exact) mass is 692 g/mol. The van der Waals surface area contributed by atoms with Crippen LogP contribution in [0.3, 0.4) is 0 Å². The molecule has 258 valence electrons. The summed E-state index contributed by atoms with van der Waals surface area (Å²) in [7, 11) is 0. The highest BCUT2D eigenvalue weighted by molar-refractivity contribution is 7.03. The Morgan fingerprint density at radius 3 is 1.50 bits per heavy atom. The van der Waals surface area contributed by atoms with Gasteiger partial charge >= 0.3 is 0 Å². The Hall–Kier alpha value is -5.73. The van der Waals surface area contributed by atoms with Gasteiger partial charge in [0.05, 0.1) is 0 Å². The molecule has 0 saturated carbocycles. The first-order valence-electron chi connectivity index (χ1n) is 19.5. The van der Waals surface area contributed by atoms with Gasteiger partial charge in [-0.15, -0.1) is 0 Å². The first kappa shape index (κ1) is 31.8. The van der Waals surface area contributed by atoms with E-state index in [1.807, 2.05) is 0 Å². The van der Waals surface area contributed by atoms with Gasteiger partial charge in [-0.2, -0.15) is 0 Å². The van der Waals surface area contributed by atoms with Crippen molar-refractivity contribution in [3.05, 3.63) is 157 Å². The van der Waals surface area contributed by atoms with Gasteiger partial charge in [-0.1, -0.05) is 150 Å². The minimum Gasteiger partial charge on any atom is -0.312 e. The van der Waals surface area contributed by atoms with Gasteiger partial charge in [0.2, 0.25) is 13.4 Å². The predicted molar refractivity (Wildman–Crippen MR) is 233 cm³/mol. The predicted octanol–water partition coefficient (Wildman–Crippen LogP) is 8.84. The van der Waals surface area contributed by atoms with E-state index in [1.54, 1.807) is 0 Å². The van der Waals surface area contributed by atoms with E-state index in [0.29, 0.717) is 0 Å². The quantitative estimate of drug-likeness (QED) is 0.167. The summed E-state index contributed by atoms with van der Waals surface area (Å²) < 4.78 is 0. The second kappa shape index (κ2) is 10.9. The fourth-order valence-corrected chi connectivity index (χ4v) is 9.96. The molecule has 0 atom stereocenters. The van der Waals surface area contributed by atoms with Crippen molar-refractivity contribution in [3.8, 4) is 22.3 Å². The number of rotatable bonds is 2. The number of para-hydroxylation sites is 2. The molecule has 4 heteroatoms. The third kappa shape index (κ3) is 4.31. The Morgan fingerprint density at radius 2 is 0.870 bits per heavy atom. The second-order valence-electron chi connectivity index (χ2n) is 17.8. The van der Waals surface area contributed by atoms with Crippen LogP contribution in [0, 0.1) is 0 Å². The summed E-state index contributed by atoms with van der Waals surface area (Å²) in [5.74, 6) is 0. The molecular formula is C50H42B2N2. The largest absolute Gasteiger partial charge is 0.312 e. The number of hydrogen-bond donors (Lipinski definition) is 0. The maximum atomic E-state index is 2.58. The maximum Gasteiger partial charge on any atom is 0.248 e. The fraction of sp³-hybridized carbons (Fsp3) is 0.160. The third-order valence-corrected chi connectivity index (χ3v) is 12.6. The number of nitrogens with zero attached hydrogens (tertiary/aromatic N) is 2. The zero-order chi connectivity index (χ0) is 36.7. The highest BCUT2D eigenvalue weighted by Gasteiger charge is 2.47. The van der Waals surface area contributed by atoms with Gasteiger partial charge < -0.3 is 9.80 Å². The number of hydrogen-bond acceptors (Lipinski definition) is 2. The van der Waals surface area contributed by atoms with Crippen LogP contribution in [0.4, 0.5) is 34.1 Å². The van der Waals surface area contributed by atoms with Gasteiger partial charge in [0, 0.05) is 34.1 Å². The molecule has 4 aliphatic heterocycles. The minimum atomic E-state index is -0.00713. The molecule has 0 saturated heterocycles. The van der Waals surface area contributed by atoms with Crippen LogP contribution in [-0.4, -0.2) is 13.4 Å². The Labute approximate surface area is 320 Å². The molecule has 4 heterocycles. The van der Waals surface area contributed by atoms with Gasteiger partial charge in [0.1, 0.15) is 0 Å². The van der Waals surface area contributed by atoms with Gasteiger partial charge in [0.15, 0.2) is 0 Å². The Kier molecular flexibility index (Phi) is 6.42. The standard InChI is InChI=1S/C50H42B2N2/c1-49(2,3)31-24-25-40-37(26-31)36-21-15-23-43-47(36)52(40)41-30-45-42(29-44(41)53(43)33-16-9-7-10-17-33)51-39-22-14-13-20-35(39)38-27-32(50(4,5)6)28-46(48(38)51)54(45)34-18-11-8-12-19-34/h7-30H,1-6H3. The normalized spacial score (nSPS) is 14.3. The first-order valence-corrected chi connectivity index (χ1v) is 19.5.